The summed E-state index contributed by atoms with van der Waals surface area (Å²) in [6.45, 7) is 0.630. The molecule has 1 aliphatic heterocycles. The van der Waals surface area contributed by atoms with Crippen molar-refractivity contribution in [1.82, 2.24) is 9.97 Å². The van der Waals surface area contributed by atoms with Crippen molar-refractivity contribution in [2.45, 2.75) is 13.0 Å². The van der Waals surface area contributed by atoms with Crippen LogP contribution in [0.3, 0.4) is 0 Å². The van der Waals surface area contributed by atoms with Crippen LogP contribution in [0.5, 0.6) is 0 Å². The first-order valence-corrected chi connectivity index (χ1v) is 7.73. The Hall–Kier alpha value is -2.94. The molecule has 0 spiro atoms. The van der Waals surface area contributed by atoms with Crippen molar-refractivity contribution in [3.8, 4) is 0 Å². The lowest BCUT2D eigenvalue weighted by molar-refractivity contribution is 0.163. The van der Waals surface area contributed by atoms with E-state index >= 15 is 0 Å². The first-order valence-electron chi connectivity index (χ1n) is 7.73. The van der Waals surface area contributed by atoms with Crippen molar-refractivity contribution in [2.24, 2.45) is 5.84 Å². The summed E-state index contributed by atoms with van der Waals surface area (Å²) in [6, 6.07) is 5.95. The Balaban J connectivity index is 1.75. The van der Waals surface area contributed by atoms with Crippen LogP contribution >= 0.6 is 0 Å². The van der Waals surface area contributed by atoms with E-state index in [1.165, 1.54) is 11.2 Å². The summed E-state index contributed by atoms with van der Waals surface area (Å²) in [7, 11) is 0. The van der Waals surface area contributed by atoms with Crippen LogP contribution in [0.1, 0.15) is 11.1 Å². The van der Waals surface area contributed by atoms with Crippen LogP contribution in [0.15, 0.2) is 30.5 Å². The highest BCUT2D eigenvalue weighted by molar-refractivity contribution is 5.70. The van der Waals surface area contributed by atoms with Gasteiger partial charge in [0, 0.05) is 12.2 Å². The van der Waals surface area contributed by atoms with E-state index in [0.29, 0.717) is 6.54 Å². The smallest absolute Gasteiger partial charge is 0.255 e. The number of rotatable bonds is 6. The monoisotopic (exact) mass is 347 g/mol. The second-order valence-corrected chi connectivity index (χ2v) is 5.57. The largest absolute Gasteiger partial charge is 0.381 e. The minimum atomic E-state index is -2.49. The van der Waals surface area contributed by atoms with Gasteiger partial charge in [0.05, 0.1) is 19.3 Å². The molecule has 0 aliphatic carbocycles. The molecule has 0 amide bonds. The number of nitrogens with one attached hydrogen (secondary N) is 2. The van der Waals surface area contributed by atoms with E-state index < -0.39 is 13.0 Å². The third-order valence-electron chi connectivity index (χ3n) is 3.67. The minimum Gasteiger partial charge on any atom is -0.381 e. The Labute approximate surface area is 143 Å². The van der Waals surface area contributed by atoms with Crippen LogP contribution < -0.4 is 27.2 Å². The van der Waals surface area contributed by atoms with Crippen LogP contribution in [0.2, 0.25) is 0 Å². The zero-order valence-corrected chi connectivity index (χ0v) is 13.4. The normalized spacial score (nSPS) is 12.6. The lowest BCUT2D eigenvalue weighted by Crippen LogP contribution is -2.32. The SMILES string of the molecule is Nc1ncc(NCC(F)F)nc1N(N)Cc1ccc2c(c1)C=CCN2. The van der Waals surface area contributed by atoms with E-state index in [9.17, 15) is 8.78 Å². The van der Waals surface area contributed by atoms with Crippen molar-refractivity contribution < 1.29 is 8.78 Å². The molecule has 2 aromatic rings. The third kappa shape index (κ3) is 4.13. The van der Waals surface area contributed by atoms with E-state index in [1.807, 2.05) is 30.4 Å². The number of alkyl halides is 2. The lowest BCUT2D eigenvalue weighted by atomic mass is 10.1. The van der Waals surface area contributed by atoms with Crippen molar-refractivity contribution in [3.63, 3.8) is 0 Å². The Morgan fingerprint density at radius 2 is 2.20 bits per heavy atom. The summed E-state index contributed by atoms with van der Waals surface area (Å²) in [5.41, 5.74) is 8.91. The molecule has 3 rings (SSSR count). The molecule has 0 radical (unpaired) electrons. The number of halogens is 2. The van der Waals surface area contributed by atoms with Crippen molar-refractivity contribution in [2.75, 3.05) is 34.5 Å². The van der Waals surface area contributed by atoms with Gasteiger partial charge < -0.3 is 16.4 Å². The van der Waals surface area contributed by atoms with Gasteiger partial charge in [0.25, 0.3) is 6.43 Å². The van der Waals surface area contributed by atoms with Gasteiger partial charge in [-0.1, -0.05) is 18.2 Å². The van der Waals surface area contributed by atoms with E-state index in [-0.39, 0.29) is 17.5 Å². The Bertz CT molecular complexity index is 779. The van der Waals surface area contributed by atoms with Gasteiger partial charge in [-0.15, -0.1) is 0 Å². The number of hydrogen-bond acceptors (Lipinski definition) is 7. The van der Waals surface area contributed by atoms with Gasteiger partial charge in [-0.3, -0.25) is 5.01 Å². The minimum absolute atomic E-state index is 0.129. The number of nitrogens with two attached hydrogens (primary N) is 2. The molecule has 7 nitrogen and oxygen atoms in total. The maximum absolute atomic E-state index is 12.3. The maximum atomic E-state index is 12.3. The fourth-order valence-electron chi connectivity index (χ4n) is 2.50. The highest BCUT2D eigenvalue weighted by Gasteiger charge is 2.13. The van der Waals surface area contributed by atoms with Gasteiger partial charge in [-0.2, -0.15) is 0 Å². The molecule has 6 N–H and O–H groups in total. The van der Waals surface area contributed by atoms with Gasteiger partial charge in [0.2, 0.25) is 0 Å². The van der Waals surface area contributed by atoms with Gasteiger partial charge >= 0.3 is 0 Å². The molecule has 1 aromatic carbocycles. The average molecular weight is 347 g/mol. The number of anilines is 4. The molecule has 0 saturated carbocycles. The van der Waals surface area contributed by atoms with E-state index in [2.05, 4.69) is 20.6 Å². The molecule has 0 saturated heterocycles. The first kappa shape index (κ1) is 16.9. The summed E-state index contributed by atoms with van der Waals surface area (Å²) >= 11 is 0. The topological polar surface area (TPSA) is 105 Å². The number of aromatic nitrogens is 2. The third-order valence-corrected chi connectivity index (χ3v) is 3.67. The number of benzene rings is 1. The van der Waals surface area contributed by atoms with Crippen LogP contribution in [0, 0.1) is 0 Å². The quantitative estimate of drug-likeness (QED) is 0.468. The predicted octanol–water partition coefficient (Wildman–Crippen LogP) is 2.05. The number of nitrogen functional groups attached to an aromatic ring is 1. The van der Waals surface area contributed by atoms with Crippen LogP contribution in [0.4, 0.5) is 31.9 Å². The molecule has 0 unspecified atom stereocenters. The van der Waals surface area contributed by atoms with Crippen LogP contribution in [0.25, 0.3) is 6.08 Å². The molecule has 0 bridgehead atoms. The number of hydrazine groups is 1. The van der Waals surface area contributed by atoms with E-state index in [0.717, 1.165) is 23.4 Å². The molecule has 9 heteroatoms. The molecule has 1 aromatic heterocycles. The average Bonchev–Trinajstić information content (AvgIpc) is 2.60. The van der Waals surface area contributed by atoms with Gasteiger partial charge in [-0.05, 0) is 23.3 Å². The molecule has 0 atom stereocenters. The second-order valence-electron chi connectivity index (χ2n) is 5.57. The summed E-state index contributed by atoms with van der Waals surface area (Å²) in [5.74, 6) is 6.62. The zero-order chi connectivity index (χ0) is 17.8. The fraction of sp³-hybridized carbons (Fsp3) is 0.250. The van der Waals surface area contributed by atoms with Crippen LogP contribution in [-0.2, 0) is 6.54 Å². The fourth-order valence-corrected chi connectivity index (χ4v) is 2.50. The highest BCUT2D eigenvalue weighted by atomic mass is 19.3. The molecule has 1 aliphatic rings. The number of nitrogens with zero attached hydrogens (tertiary/aromatic N) is 3. The molecular formula is C16H19F2N7. The number of fused-ring (bicyclic) bond motifs is 1. The Morgan fingerprint density at radius 1 is 1.36 bits per heavy atom. The van der Waals surface area contributed by atoms with Gasteiger partial charge in [-0.25, -0.2) is 24.6 Å². The molecule has 25 heavy (non-hydrogen) atoms. The molecule has 132 valence electrons. The molecular weight excluding hydrogens is 328 g/mol. The summed E-state index contributed by atoms with van der Waals surface area (Å²) in [6.07, 6.45) is 2.88. The predicted molar refractivity (Wildman–Crippen MR) is 95.3 cm³/mol. The standard InChI is InChI=1S/C16H19F2N7/c17-13(18)7-22-14-8-23-15(19)16(24-14)25(20)9-10-3-4-12-11(6-10)2-1-5-21-12/h1-4,6,8,13,21H,5,7,9,20H2,(H2,19,23)(H,22,24). The zero-order valence-electron chi connectivity index (χ0n) is 13.4. The summed E-state index contributed by atoms with van der Waals surface area (Å²) in [5, 5.41) is 7.11. The lowest BCUT2D eigenvalue weighted by Gasteiger charge is -2.21. The summed E-state index contributed by atoms with van der Waals surface area (Å²) in [4.78, 5) is 8.13. The van der Waals surface area contributed by atoms with Crippen molar-refractivity contribution in [1.29, 1.82) is 0 Å². The Morgan fingerprint density at radius 3 is 3.00 bits per heavy atom. The number of hydrogen-bond donors (Lipinski definition) is 4. The molecule has 2 heterocycles. The van der Waals surface area contributed by atoms with Gasteiger partial charge in [0.15, 0.2) is 11.6 Å². The second kappa shape index (κ2) is 7.31. The summed E-state index contributed by atoms with van der Waals surface area (Å²) < 4.78 is 24.6. The van der Waals surface area contributed by atoms with Gasteiger partial charge in [0.1, 0.15) is 5.82 Å². The Kier molecular flexibility index (Phi) is 4.94. The highest BCUT2D eigenvalue weighted by Crippen LogP contribution is 2.24. The maximum Gasteiger partial charge on any atom is 0.255 e. The van der Waals surface area contributed by atoms with Crippen molar-refractivity contribution in [3.05, 3.63) is 41.6 Å². The van der Waals surface area contributed by atoms with Crippen molar-refractivity contribution >= 4 is 29.2 Å². The molecule has 0 fully saturated rings. The van der Waals surface area contributed by atoms with E-state index in [4.69, 9.17) is 11.6 Å². The van der Waals surface area contributed by atoms with Crippen LogP contribution in [-0.4, -0.2) is 29.5 Å². The van der Waals surface area contributed by atoms with E-state index in [1.54, 1.807) is 0 Å². The first-order chi connectivity index (χ1) is 12.0.